The normalized spacial score (nSPS) is 11.6. The van der Waals surface area contributed by atoms with Crippen LogP contribution in [-0.4, -0.2) is 29.3 Å². The predicted octanol–water partition coefficient (Wildman–Crippen LogP) is 4.12. The molecule has 1 heterocycles. The molecular formula is C16H17BrF3N3O2. The number of amides is 1. The van der Waals surface area contributed by atoms with E-state index in [1.54, 1.807) is 0 Å². The lowest BCUT2D eigenvalue weighted by molar-refractivity contribution is -0.137. The number of aromatic nitrogens is 2. The van der Waals surface area contributed by atoms with Crippen LogP contribution in [-0.2, 0) is 6.18 Å². The average Bonchev–Trinajstić information content (AvgIpc) is 2.93. The van der Waals surface area contributed by atoms with E-state index in [1.807, 2.05) is 13.8 Å². The molecule has 0 atom stereocenters. The van der Waals surface area contributed by atoms with Crippen LogP contribution in [0.2, 0.25) is 0 Å². The van der Waals surface area contributed by atoms with Gasteiger partial charge in [0, 0.05) is 0 Å². The van der Waals surface area contributed by atoms with E-state index < -0.39 is 11.7 Å². The summed E-state index contributed by atoms with van der Waals surface area (Å²) in [6, 6.07) is 4.37. The number of carbonyl (C=O) groups is 1. The van der Waals surface area contributed by atoms with E-state index in [2.05, 4.69) is 31.4 Å². The summed E-state index contributed by atoms with van der Waals surface area (Å²) in [4.78, 5) is 12.1. The van der Waals surface area contributed by atoms with Crippen LogP contribution in [0.4, 0.5) is 13.2 Å². The number of alkyl halides is 3. The quantitative estimate of drug-likeness (QED) is 0.691. The first-order valence-corrected chi connectivity index (χ1v) is 8.31. The molecule has 0 aliphatic heterocycles. The van der Waals surface area contributed by atoms with E-state index in [-0.39, 0.29) is 30.7 Å². The van der Waals surface area contributed by atoms with Gasteiger partial charge in [-0.2, -0.15) is 18.3 Å². The zero-order valence-corrected chi connectivity index (χ0v) is 15.2. The number of ether oxygens (including phenoxy) is 1. The van der Waals surface area contributed by atoms with Crippen LogP contribution >= 0.6 is 15.9 Å². The zero-order chi connectivity index (χ0) is 18.6. The lowest BCUT2D eigenvalue weighted by Crippen LogP contribution is -2.28. The van der Waals surface area contributed by atoms with Crippen molar-refractivity contribution in [3.05, 3.63) is 45.7 Å². The Morgan fingerprint density at radius 3 is 2.48 bits per heavy atom. The fourth-order valence-corrected chi connectivity index (χ4v) is 2.85. The molecule has 0 unspecified atom stereocenters. The maximum Gasteiger partial charge on any atom is 0.416 e. The molecule has 0 radical (unpaired) electrons. The number of hydrogen-bond acceptors (Lipinski definition) is 3. The SMILES string of the molecule is CC(C)c1[nH]nc(C(=O)NCCOc2ccc(C(F)(F)F)cc2)c1Br. The number of aromatic amines is 1. The molecule has 5 nitrogen and oxygen atoms in total. The molecule has 0 aliphatic rings. The number of nitrogens with one attached hydrogen (secondary N) is 2. The van der Waals surface area contributed by atoms with E-state index in [1.165, 1.54) is 12.1 Å². The van der Waals surface area contributed by atoms with Crippen molar-refractivity contribution in [2.24, 2.45) is 0 Å². The fraction of sp³-hybridized carbons (Fsp3) is 0.375. The Bertz CT molecular complexity index is 727. The highest BCUT2D eigenvalue weighted by Crippen LogP contribution is 2.30. The van der Waals surface area contributed by atoms with Crippen LogP contribution in [0.3, 0.4) is 0 Å². The van der Waals surface area contributed by atoms with E-state index in [0.29, 0.717) is 10.2 Å². The molecular weight excluding hydrogens is 403 g/mol. The molecule has 0 spiro atoms. The van der Waals surface area contributed by atoms with E-state index in [4.69, 9.17) is 4.74 Å². The second-order valence-electron chi connectivity index (χ2n) is 5.58. The molecule has 2 rings (SSSR count). The summed E-state index contributed by atoms with van der Waals surface area (Å²) in [5.41, 5.74) is 0.335. The summed E-state index contributed by atoms with van der Waals surface area (Å²) in [7, 11) is 0. The van der Waals surface area contributed by atoms with Gasteiger partial charge in [-0.05, 0) is 46.1 Å². The van der Waals surface area contributed by atoms with Crippen molar-refractivity contribution in [1.29, 1.82) is 0 Å². The van der Waals surface area contributed by atoms with Crippen LogP contribution < -0.4 is 10.1 Å². The number of hydrogen-bond donors (Lipinski definition) is 2. The van der Waals surface area contributed by atoms with Gasteiger partial charge in [-0.1, -0.05) is 13.8 Å². The van der Waals surface area contributed by atoms with E-state index in [9.17, 15) is 18.0 Å². The molecule has 1 aromatic heterocycles. The largest absolute Gasteiger partial charge is 0.492 e. The predicted molar refractivity (Wildman–Crippen MR) is 89.6 cm³/mol. The Balaban J connectivity index is 1.82. The van der Waals surface area contributed by atoms with Gasteiger partial charge in [-0.25, -0.2) is 0 Å². The van der Waals surface area contributed by atoms with Crippen molar-refractivity contribution in [2.45, 2.75) is 25.9 Å². The summed E-state index contributed by atoms with van der Waals surface area (Å²) in [5, 5.41) is 9.42. The first-order chi connectivity index (χ1) is 11.7. The number of benzene rings is 1. The van der Waals surface area contributed by atoms with Crippen LogP contribution in [0, 0.1) is 0 Å². The highest BCUT2D eigenvalue weighted by molar-refractivity contribution is 9.10. The Morgan fingerprint density at radius 2 is 1.96 bits per heavy atom. The molecule has 2 N–H and O–H groups in total. The molecule has 0 fully saturated rings. The number of nitrogens with zero attached hydrogens (tertiary/aromatic N) is 1. The fourth-order valence-electron chi connectivity index (χ4n) is 2.03. The van der Waals surface area contributed by atoms with Crippen molar-refractivity contribution in [3.8, 4) is 5.75 Å². The summed E-state index contributed by atoms with van der Waals surface area (Å²) in [5.74, 6) is 0.114. The third-order valence-corrected chi connectivity index (χ3v) is 4.17. The van der Waals surface area contributed by atoms with Crippen LogP contribution in [0.25, 0.3) is 0 Å². The highest BCUT2D eigenvalue weighted by Gasteiger charge is 2.30. The van der Waals surface area contributed by atoms with Crippen LogP contribution in [0.5, 0.6) is 5.75 Å². The smallest absolute Gasteiger partial charge is 0.416 e. The first-order valence-electron chi connectivity index (χ1n) is 7.52. The Morgan fingerprint density at radius 1 is 1.32 bits per heavy atom. The molecule has 25 heavy (non-hydrogen) atoms. The van der Waals surface area contributed by atoms with Gasteiger partial charge in [0.15, 0.2) is 5.69 Å². The zero-order valence-electron chi connectivity index (χ0n) is 13.6. The highest BCUT2D eigenvalue weighted by atomic mass is 79.9. The number of H-pyrrole nitrogens is 1. The maximum absolute atomic E-state index is 12.5. The van der Waals surface area contributed by atoms with Gasteiger partial charge in [0.05, 0.1) is 22.3 Å². The van der Waals surface area contributed by atoms with Crippen LogP contribution in [0.1, 0.15) is 41.5 Å². The van der Waals surface area contributed by atoms with E-state index in [0.717, 1.165) is 17.8 Å². The number of halogens is 4. The van der Waals surface area contributed by atoms with Crippen molar-refractivity contribution in [1.82, 2.24) is 15.5 Å². The van der Waals surface area contributed by atoms with Gasteiger partial charge >= 0.3 is 6.18 Å². The Labute approximate surface area is 151 Å². The minimum atomic E-state index is -4.38. The molecule has 9 heteroatoms. The number of carbonyl (C=O) groups excluding carboxylic acids is 1. The second-order valence-corrected chi connectivity index (χ2v) is 6.37. The lowest BCUT2D eigenvalue weighted by atomic mass is 10.1. The molecule has 0 saturated heterocycles. The molecule has 136 valence electrons. The maximum atomic E-state index is 12.5. The van der Waals surface area contributed by atoms with Gasteiger partial charge in [-0.15, -0.1) is 0 Å². The van der Waals surface area contributed by atoms with Gasteiger partial charge in [-0.3, -0.25) is 9.89 Å². The van der Waals surface area contributed by atoms with Gasteiger partial charge in [0.1, 0.15) is 12.4 Å². The average molecular weight is 420 g/mol. The number of rotatable bonds is 6. The van der Waals surface area contributed by atoms with Gasteiger partial charge in [0.2, 0.25) is 0 Å². The van der Waals surface area contributed by atoms with Crippen molar-refractivity contribution in [3.63, 3.8) is 0 Å². The standard InChI is InChI=1S/C16H17BrF3N3O2/c1-9(2)13-12(17)14(23-22-13)15(24)21-7-8-25-11-5-3-10(4-6-11)16(18,19)20/h3-6,9H,7-8H2,1-2H3,(H,21,24)(H,22,23). The third kappa shape index (κ3) is 4.97. The molecule has 0 aliphatic carbocycles. The Hall–Kier alpha value is -2.03. The third-order valence-electron chi connectivity index (χ3n) is 3.36. The topological polar surface area (TPSA) is 67.0 Å². The monoisotopic (exact) mass is 419 g/mol. The van der Waals surface area contributed by atoms with Gasteiger partial charge in [0.25, 0.3) is 5.91 Å². The summed E-state index contributed by atoms with van der Waals surface area (Å²) < 4.78 is 43.3. The lowest BCUT2D eigenvalue weighted by Gasteiger charge is -2.09. The minimum absolute atomic E-state index is 0.121. The molecule has 1 amide bonds. The summed E-state index contributed by atoms with van der Waals surface area (Å²) in [6.45, 7) is 4.25. The molecule has 0 bridgehead atoms. The van der Waals surface area contributed by atoms with Gasteiger partial charge < -0.3 is 10.1 Å². The summed E-state index contributed by atoms with van der Waals surface area (Å²) in [6.07, 6.45) is -4.38. The first kappa shape index (κ1) is 19.3. The summed E-state index contributed by atoms with van der Waals surface area (Å²) >= 11 is 3.34. The van der Waals surface area contributed by atoms with E-state index >= 15 is 0 Å². The molecule has 2 aromatic rings. The molecule has 1 aromatic carbocycles. The van der Waals surface area contributed by atoms with Crippen LogP contribution in [0.15, 0.2) is 28.7 Å². The molecule has 0 saturated carbocycles. The minimum Gasteiger partial charge on any atom is -0.492 e. The van der Waals surface area contributed by atoms with Crippen molar-refractivity contribution in [2.75, 3.05) is 13.2 Å². The van der Waals surface area contributed by atoms with Crippen molar-refractivity contribution < 1.29 is 22.7 Å². The Kier molecular flexibility index (Phi) is 6.10. The second kappa shape index (κ2) is 7.90. The van der Waals surface area contributed by atoms with Crippen molar-refractivity contribution >= 4 is 21.8 Å².